The van der Waals surface area contributed by atoms with Crippen molar-refractivity contribution in [1.82, 2.24) is 5.32 Å². The van der Waals surface area contributed by atoms with Crippen molar-refractivity contribution in [1.29, 1.82) is 0 Å². The van der Waals surface area contributed by atoms with Gasteiger partial charge in [0.1, 0.15) is 5.82 Å². The molecular formula is C17H17FN2O2. The summed E-state index contributed by atoms with van der Waals surface area (Å²) in [6, 6.07) is 12.8. The number of halogens is 1. The Morgan fingerprint density at radius 2 is 1.95 bits per heavy atom. The van der Waals surface area contributed by atoms with E-state index in [1.54, 1.807) is 30.3 Å². The number of anilines is 1. The van der Waals surface area contributed by atoms with Gasteiger partial charge in [0.25, 0.3) is 5.91 Å². The molecule has 0 aliphatic carbocycles. The van der Waals surface area contributed by atoms with Crippen LogP contribution in [0.4, 0.5) is 10.1 Å². The van der Waals surface area contributed by atoms with Gasteiger partial charge in [-0.15, -0.1) is 0 Å². The van der Waals surface area contributed by atoms with Crippen molar-refractivity contribution in [3.8, 4) is 0 Å². The molecule has 22 heavy (non-hydrogen) atoms. The van der Waals surface area contributed by atoms with Crippen molar-refractivity contribution in [3.63, 3.8) is 0 Å². The SMILES string of the molecule is C[C@@H](Cc1cccc(F)c1)NC(=O)c1ccc(NC=O)cc1. The predicted octanol–water partition coefficient (Wildman–Crippen LogP) is 2.76. The molecule has 1 atom stereocenters. The number of nitrogens with one attached hydrogen (secondary N) is 2. The van der Waals surface area contributed by atoms with Gasteiger partial charge >= 0.3 is 0 Å². The van der Waals surface area contributed by atoms with Crippen molar-refractivity contribution in [2.75, 3.05) is 5.32 Å². The molecule has 2 aromatic rings. The number of rotatable bonds is 6. The van der Waals surface area contributed by atoms with Crippen molar-refractivity contribution >= 4 is 18.0 Å². The van der Waals surface area contributed by atoms with E-state index in [0.29, 0.717) is 24.1 Å². The fourth-order valence-corrected chi connectivity index (χ4v) is 2.16. The van der Waals surface area contributed by atoms with E-state index in [0.717, 1.165) is 5.56 Å². The van der Waals surface area contributed by atoms with Crippen LogP contribution in [0, 0.1) is 5.82 Å². The lowest BCUT2D eigenvalue weighted by molar-refractivity contribution is -0.105. The van der Waals surface area contributed by atoms with Gasteiger partial charge in [0, 0.05) is 17.3 Å². The Morgan fingerprint density at radius 1 is 1.23 bits per heavy atom. The van der Waals surface area contributed by atoms with Gasteiger partial charge in [0.05, 0.1) is 0 Å². The summed E-state index contributed by atoms with van der Waals surface area (Å²) in [6.45, 7) is 1.87. The van der Waals surface area contributed by atoms with Gasteiger partial charge in [0.15, 0.2) is 0 Å². The molecule has 114 valence electrons. The summed E-state index contributed by atoms with van der Waals surface area (Å²) in [7, 11) is 0. The second kappa shape index (κ2) is 7.36. The predicted molar refractivity (Wildman–Crippen MR) is 83.2 cm³/mol. The van der Waals surface area contributed by atoms with Crippen LogP contribution >= 0.6 is 0 Å². The molecule has 0 unspecified atom stereocenters. The number of amides is 2. The molecule has 0 bridgehead atoms. The molecule has 0 fully saturated rings. The van der Waals surface area contributed by atoms with E-state index in [9.17, 15) is 14.0 Å². The molecule has 0 saturated heterocycles. The molecule has 0 heterocycles. The molecular weight excluding hydrogens is 283 g/mol. The largest absolute Gasteiger partial charge is 0.349 e. The first-order chi connectivity index (χ1) is 10.6. The average Bonchev–Trinajstić information content (AvgIpc) is 2.48. The summed E-state index contributed by atoms with van der Waals surface area (Å²) in [4.78, 5) is 22.4. The van der Waals surface area contributed by atoms with Gasteiger partial charge in [-0.05, 0) is 55.3 Å². The molecule has 0 spiro atoms. The van der Waals surface area contributed by atoms with Crippen LogP contribution in [-0.2, 0) is 11.2 Å². The van der Waals surface area contributed by atoms with Crippen LogP contribution < -0.4 is 10.6 Å². The highest BCUT2D eigenvalue weighted by Gasteiger charge is 2.10. The standard InChI is InChI=1S/C17H17FN2O2/c1-12(9-13-3-2-4-15(18)10-13)20-17(22)14-5-7-16(8-6-14)19-11-21/h2-8,10-12H,9H2,1H3,(H,19,21)(H,20,22)/t12-/m0/s1. The zero-order valence-electron chi connectivity index (χ0n) is 12.2. The topological polar surface area (TPSA) is 58.2 Å². The number of hydrogen-bond donors (Lipinski definition) is 2. The normalized spacial score (nSPS) is 11.5. The third kappa shape index (κ3) is 4.41. The van der Waals surface area contributed by atoms with Gasteiger partial charge in [-0.1, -0.05) is 12.1 Å². The quantitative estimate of drug-likeness (QED) is 0.806. The third-order valence-corrected chi connectivity index (χ3v) is 3.18. The molecule has 0 saturated carbocycles. The lowest BCUT2D eigenvalue weighted by atomic mass is 10.1. The van der Waals surface area contributed by atoms with E-state index < -0.39 is 0 Å². The van der Waals surface area contributed by atoms with Crippen LogP contribution in [-0.4, -0.2) is 18.4 Å². The summed E-state index contributed by atoms with van der Waals surface area (Å²) >= 11 is 0. The van der Waals surface area contributed by atoms with E-state index in [4.69, 9.17) is 0 Å². The third-order valence-electron chi connectivity index (χ3n) is 3.18. The minimum Gasteiger partial charge on any atom is -0.349 e. The molecule has 2 aromatic carbocycles. The summed E-state index contributed by atoms with van der Waals surface area (Å²) in [5, 5.41) is 5.37. The van der Waals surface area contributed by atoms with Crippen molar-refractivity contribution < 1.29 is 14.0 Å². The highest BCUT2D eigenvalue weighted by molar-refractivity contribution is 5.94. The first-order valence-electron chi connectivity index (χ1n) is 6.94. The molecule has 2 rings (SSSR count). The monoisotopic (exact) mass is 300 g/mol. The van der Waals surface area contributed by atoms with Gasteiger partial charge in [-0.3, -0.25) is 9.59 Å². The Bertz CT molecular complexity index is 656. The summed E-state index contributed by atoms with van der Waals surface area (Å²) < 4.78 is 13.1. The van der Waals surface area contributed by atoms with Crippen molar-refractivity contribution in [2.24, 2.45) is 0 Å². The van der Waals surface area contributed by atoms with Crippen LogP contribution in [0.25, 0.3) is 0 Å². The number of hydrogen-bond acceptors (Lipinski definition) is 2. The van der Waals surface area contributed by atoms with E-state index in [-0.39, 0.29) is 17.8 Å². The van der Waals surface area contributed by atoms with Gasteiger partial charge in [-0.2, -0.15) is 0 Å². The Hall–Kier alpha value is -2.69. The first kappa shape index (κ1) is 15.7. The number of benzene rings is 2. The fraction of sp³-hybridized carbons (Fsp3) is 0.176. The number of carbonyl (C=O) groups excluding carboxylic acids is 2. The average molecular weight is 300 g/mol. The fourth-order valence-electron chi connectivity index (χ4n) is 2.16. The summed E-state index contributed by atoms with van der Waals surface area (Å²) in [5.41, 5.74) is 1.96. The second-order valence-electron chi connectivity index (χ2n) is 5.05. The molecule has 2 N–H and O–H groups in total. The van der Waals surface area contributed by atoms with Crippen molar-refractivity contribution in [2.45, 2.75) is 19.4 Å². The van der Waals surface area contributed by atoms with E-state index in [1.807, 2.05) is 13.0 Å². The molecule has 2 amide bonds. The summed E-state index contributed by atoms with van der Waals surface area (Å²) in [5.74, 6) is -0.490. The smallest absolute Gasteiger partial charge is 0.251 e. The van der Waals surface area contributed by atoms with E-state index >= 15 is 0 Å². The zero-order chi connectivity index (χ0) is 15.9. The highest BCUT2D eigenvalue weighted by Crippen LogP contribution is 2.10. The highest BCUT2D eigenvalue weighted by atomic mass is 19.1. The van der Waals surface area contributed by atoms with Crippen LogP contribution in [0.15, 0.2) is 48.5 Å². The first-order valence-corrected chi connectivity index (χ1v) is 6.94. The molecule has 4 nitrogen and oxygen atoms in total. The van der Waals surface area contributed by atoms with Crippen LogP contribution in [0.2, 0.25) is 0 Å². The van der Waals surface area contributed by atoms with Crippen molar-refractivity contribution in [3.05, 3.63) is 65.5 Å². The maximum Gasteiger partial charge on any atom is 0.251 e. The Morgan fingerprint density at radius 3 is 2.59 bits per heavy atom. The van der Waals surface area contributed by atoms with Crippen LogP contribution in [0.3, 0.4) is 0 Å². The maximum absolute atomic E-state index is 13.1. The van der Waals surface area contributed by atoms with E-state index in [1.165, 1.54) is 12.1 Å². The lowest BCUT2D eigenvalue weighted by Crippen LogP contribution is -2.34. The lowest BCUT2D eigenvalue weighted by Gasteiger charge is -2.14. The van der Waals surface area contributed by atoms with Gasteiger partial charge in [-0.25, -0.2) is 4.39 Å². The van der Waals surface area contributed by atoms with Crippen LogP contribution in [0.5, 0.6) is 0 Å². The zero-order valence-corrected chi connectivity index (χ0v) is 12.2. The molecule has 0 aromatic heterocycles. The Balaban J connectivity index is 1.94. The minimum absolute atomic E-state index is 0.123. The molecule has 0 aliphatic heterocycles. The van der Waals surface area contributed by atoms with Gasteiger partial charge < -0.3 is 10.6 Å². The Labute approximate surface area is 128 Å². The minimum atomic E-state index is -0.283. The second-order valence-corrected chi connectivity index (χ2v) is 5.05. The van der Waals surface area contributed by atoms with Crippen LogP contribution in [0.1, 0.15) is 22.8 Å². The summed E-state index contributed by atoms with van der Waals surface area (Å²) in [6.07, 6.45) is 1.13. The van der Waals surface area contributed by atoms with E-state index in [2.05, 4.69) is 10.6 Å². The van der Waals surface area contributed by atoms with Gasteiger partial charge in [0.2, 0.25) is 6.41 Å². The number of carbonyl (C=O) groups is 2. The Kier molecular flexibility index (Phi) is 5.25. The molecule has 5 heteroatoms. The molecule has 0 radical (unpaired) electrons. The maximum atomic E-state index is 13.1. The molecule has 0 aliphatic rings.